The van der Waals surface area contributed by atoms with Gasteiger partial charge in [-0.1, -0.05) is 32.5 Å². The minimum atomic E-state index is -0.702. The van der Waals surface area contributed by atoms with Crippen molar-refractivity contribution in [1.29, 1.82) is 0 Å². The van der Waals surface area contributed by atoms with Gasteiger partial charge in [0.05, 0.1) is 12.1 Å². The molecule has 0 saturated heterocycles. The average molecular weight is 200 g/mol. The van der Waals surface area contributed by atoms with Gasteiger partial charge in [0.1, 0.15) is 6.54 Å². The number of nitrogens with zero attached hydrogens (tertiary/aromatic N) is 1. The maximum Gasteiger partial charge on any atom is 0.106 e. The summed E-state index contributed by atoms with van der Waals surface area (Å²) in [4.78, 5) is 10.2. The highest BCUT2D eigenvalue weighted by Gasteiger charge is 2.27. The fourth-order valence-electron chi connectivity index (χ4n) is 0.823. The predicted molar refractivity (Wildman–Crippen MR) is 57.9 cm³/mol. The number of hydrogen-bond donors (Lipinski definition) is 2. The van der Waals surface area contributed by atoms with Crippen LogP contribution in [0.15, 0.2) is 17.5 Å². The normalized spacial score (nSPS) is 15.8. The van der Waals surface area contributed by atoms with Crippen LogP contribution in [0.3, 0.4) is 0 Å². The Morgan fingerprint density at radius 2 is 1.93 bits per heavy atom. The maximum absolute atomic E-state index is 10.2. The van der Waals surface area contributed by atoms with E-state index in [0.717, 1.165) is 5.70 Å². The van der Waals surface area contributed by atoms with E-state index >= 15 is 0 Å². The number of nitrogens with one attached hydrogen (secondary N) is 1. The molecular formula is C10H20N2O2. The zero-order valence-corrected chi connectivity index (χ0v) is 9.42. The summed E-state index contributed by atoms with van der Waals surface area (Å²) >= 11 is 0. The summed E-state index contributed by atoms with van der Waals surface area (Å²) in [5.74, 6) is 0. The molecule has 1 unspecified atom stereocenters. The van der Waals surface area contributed by atoms with Crippen molar-refractivity contribution in [2.24, 2.45) is 10.6 Å². The second kappa shape index (κ2) is 4.55. The third kappa shape index (κ3) is 3.87. The Morgan fingerprint density at radius 3 is 2.21 bits per heavy atom. The largest absolute Gasteiger partial charge is 0.394 e. The molecular weight excluding hydrogens is 180 g/mol. The number of nitroso groups, excluding NO2 is 1. The number of allylic oxidation sites excluding steroid dienone is 1. The van der Waals surface area contributed by atoms with Gasteiger partial charge < -0.3 is 10.4 Å². The van der Waals surface area contributed by atoms with E-state index in [0.29, 0.717) is 0 Å². The first-order valence-electron chi connectivity index (χ1n) is 4.63. The van der Waals surface area contributed by atoms with E-state index in [1.54, 1.807) is 6.92 Å². The van der Waals surface area contributed by atoms with Crippen molar-refractivity contribution < 1.29 is 5.11 Å². The van der Waals surface area contributed by atoms with Gasteiger partial charge >= 0.3 is 0 Å². The van der Waals surface area contributed by atoms with Gasteiger partial charge in [-0.15, -0.1) is 0 Å². The van der Waals surface area contributed by atoms with Gasteiger partial charge in [0.25, 0.3) is 0 Å². The van der Waals surface area contributed by atoms with E-state index in [1.165, 1.54) is 0 Å². The van der Waals surface area contributed by atoms with Crippen LogP contribution in [0.1, 0.15) is 27.7 Å². The summed E-state index contributed by atoms with van der Waals surface area (Å²) in [7, 11) is 0. The van der Waals surface area contributed by atoms with Gasteiger partial charge in [-0.25, -0.2) is 0 Å². The van der Waals surface area contributed by atoms with Crippen molar-refractivity contribution in [3.05, 3.63) is 17.2 Å². The summed E-state index contributed by atoms with van der Waals surface area (Å²) in [5.41, 5.74) is -0.0106. The average Bonchev–Trinajstić information content (AvgIpc) is 2.03. The van der Waals surface area contributed by atoms with Crippen molar-refractivity contribution >= 4 is 0 Å². The standard InChI is InChI=1S/C10H20N2O2/c1-8(9(2,3)4)12-10(5,7-13)6-11-14/h12-13H,1,6-7H2,2-5H3. The molecule has 0 rings (SSSR count). The van der Waals surface area contributed by atoms with Crippen LogP contribution in [-0.4, -0.2) is 23.8 Å². The molecule has 4 heteroatoms. The molecule has 0 fully saturated rings. The molecule has 0 bridgehead atoms. The smallest absolute Gasteiger partial charge is 0.106 e. The molecule has 0 aromatic heterocycles. The van der Waals surface area contributed by atoms with Crippen LogP contribution >= 0.6 is 0 Å². The number of hydrogen-bond acceptors (Lipinski definition) is 4. The zero-order valence-electron chi connectivity index (χ0n) is 9.42. The molecule has 0 heterocycles. The molecule has 0 aromatic rings. The van der Waals surface area contributed by atoms with E-state index in [-0.39, 0.29) is 18.6 Å². The third-order valence-corrected chi connectivity index (χ3v) is 2.12. The molecule has 2 N–H and O–H groups in total. The Morgan fingerprint density at radius 1 is 1.43 bits per heavy atom. The molecule has 0 aliphatic carbocycles. The summed E-state index contributed by atoms with van der Waals surface area (Å²) in [6.07, 6.45) is 0. The van der Waals surface area contributed by atoms with E-state index in [2.05, 4.69) is 17.1 Å². The molecule has 0 aliphatic heterocycles. The fourth-order valence-corrected chi connectivity index (χ4v) is 0.823. The summed E-state index contributed by atoms with van der Waals surface area (Å²) in [6, 6.07) is 0. The van der Waals surface area contributed by atoms with Gasteiger partial charge in [0.2, 0.25) is 0 Å². The van der Waals surface area contributed by atoms with Crippen molar-refractivity contribution in [1.82, 2.24) is 5.32 Å². The number of rotatable bonds is 5. The highest BCUT2D eigenvalue weighted by atomic mass is 16.3. The van der Waals surface area contributed by atoms with E-state index in [1.807, 2.05) is 20.8 Å². The quantitative estimate of drug-likeness (QED) is 0.663. The lowest BCUT2D eigenvalue weighted by molar-refractivity contribution is 0.182. The Kier molecular flexibility index (Phi) is 4.26. The van der Waals surface area contributed by atoms with Crippen molar-refractivity contribution in [2.75, 3.05) is 13.2 Å². The molecule has 14 heavy (non-hydrogen) atoms. The lowest BCUT2D eigenvalue weighted by atomic mass is 9.90. The molecule has 1 atom stereocenters. The van der Waals surface area contributed by atoms with Crippen molar-refractivity contribution in [3.8, 4) is 0 Å². The van der Waals surface area contributed by atoms with E-state index in [4.69, 9.17) is 5.11 Å². The number of aliphatic hydroxyl groups excluding tert-OH is 1. The maximum atomic E-state index is 10.2. The molecule has 82 valence electrons. The Labute approximate surface area is 85.4 Å². The first-order valence-corrected chi connectivity index (χ1v) is 4.63. The van der Waals surface area contributed by atoms with E-state index < -0.39 is 5.54 Å². The molecule has 0 spiro atoms. The zero-order chi connectivity index (χ0) is 11.4. The second-order valence-corrected chi connectivity index (χ2v) is 4.86. The van der Waals surface area contributed by atoms with Gasteiger partial charge in [-0.2, -0.15) is 4.91 Å². The van der Waals surface area contributed by atoms with Crippen LogP contribution in [0, 0.1) is 10.3 Å². The van der Waals surface area contributed by atoms with Gasteiger partial charge in [-0.05, 0) is 6.92 Å². The van der Waals surface area contributed by atoms with Crippen LogP contribution in [0.5, 0.6) is 0 Å². The highest BCUT2D eigenvalue weighted by molar-refractivity contribution is 5.07. The molecule has 4 nitrogen and oxygen atoms in total. The Balaban J connectivity index is 4.46. The minimum Gasteiger partial charge on any atom is -0.394 e. The third-order valence-electron chi connectivity index (χ3n) is 2.12. The fraction of sp³-hybridized carbons (Fsp3) is 0.800. The minimum absolute atomic E-state index is 0.0264. The highest BCUT2D eigenvalue weighted by Crippen LogP contribution is 2.23. The van der Waals surface area contributed by atoms with Crippen LogP contribution < -0.4 is 5.32 Å². The SMILES string of the molecule is C=C(NC(C)(CO)CN=O)C(C)(C)C. The first kappa shape index (κ1) is 13.1. The second-order valence-electron chi connectivity index (χ2n) is 4.86. The molecule has 0 amide bonds. The topological polar surface area (TPSA) is 61.7 Å². The van der Waals surface area contributed by atoms with Crippen LogP contribution in [0.4, 0.5) is 0 Å². The van der Waals surface area contributed by atoms with Crippen LogP contribution in [-0.2, 0) is 0 Å². The number of aliphatic hydroxyl groups is 1. The summed E-state index contributed by atoms with van der Waals surface area (Å²) in [5, 5.41) is 15.0. The summed E-state index contributed by atoms with van der Waals surface area (Å²) in [6.45, 7) is 11.5. The Hall–Kier alpha value is -0.900. The summed E-state index contributed by atoms with van der Waals surface area (Å²) < 4.78 is 0. The molecule has 0 saturated carbocycles. The first-order chi connectivity index (χ1) is 6.25. The molecule has 0 radical (unpaired) electrons. The monoisotopic (exact) mass is 200 g/mol. The van der Waals surface area contributed by atoms with Gasteiger partial charge in [0.15, 0.2) is 0 Å². The van der Waals surface area contributed by atoms with Crippen LogP contribution in [0.2, 0.25) is 0 Å². The Bertz CT molecular complexity index is 221. The molecule has 0 aliphatic rings. The van der Waals surface area contributed by atoms with Crippen LogP contribution in [0.25, 0.3) is 0 Å². The van der Waals surface area contributed by atoms with E-state index in [9.17, 15) is 4.91 Å². The molecule has 0 aromatic carbocycles. The van der Waals surface area contributed by atoms with Gasteiger partial charge in [-0.3, -0.25) is 0 Å². The van der Waals surface area contributed by atoms with Gasteiger partial charge in [0, 0.05) is 11.1 Å². The van der Waals surface area contributed by atoms with Crippen molar-refractivity contribution in [2.45, 2.75) is 33.2 Å². The van der Waals surface area contributed by atoms with Crippen molar-refractivity contribution in [3.63, 3.8) is 0 Å². The lowest BCUT2D eigenvalue weighted by Gasteiger charge is -2.33. The lowest BCUT2D eigenvalue weighted by Crippen LogP contribution is -2.49. The predicted octanol–water partition coefficient (Wildman–Crippen LogP) is 1.65.